The average Bonchev–Trinajstić information content (AvgIpc) is 3.09. The largest absolute Gasteiger partial charge is 0.373 e. The molecule has 0 saturated carbocycles. The highest BCUT2D eigenvalue weighted by molar-refractivity contribution is 5.80. The second-order valence-electron chi connectivity index (χ2n) is 6.15. The Morgan fingerprint density at radius 3 is 2.65 bits per heavy atom. The van der Waals surface area contributed by atoms with Gasteiger partial charge in [0.2, 0.25) is 0 Å². The SMILES string of the molecule is CCNC(=NCCc1cc(F)cc(F)c1)NC1CC2CCC1O2. The zero-order chi connectivity index (χ0) is 16.2. The molecule has 3 unspecified atom stereocenters. The van der Waals surface area contributed by atoms with E-state index >= 15 is 0 Å². The maximum absolute atomic E-state index is 13.2. The van der Waals surface area contributed by atoms with Crippen LogP contribution in [0.1, 0.15) is 31.7 Å². The van der Waals surface area contributed by atoms with Gasteiger partial charge in [-0.3, -0.25) is 4.99 Å². The summed E-state index contributed by atoms with van der Waals surface area (Å²) in [7, 11) is 0. The van der Waals surface area contributed by atoms with E-state index in [1.54, 1.807) is 0 Å². The lowest BCUT2D eigenvalue weighted by Crippen LogP contribution is -2.47. The van der Waals surface area contributed by atoms with Gasteiger partial charge >= 0.3 is 0 Å². The normalized spacial score (nSPS) is 26.6. The molecule has 6 heteroatoms. The van der Waals surface area contributed by atoms with Gasteiger partial charge < -0.3 is 15.4 Å². The van der Waals surface area contributed by atoms with Crippen molar-refractivity contribution in [3.63, 3.8) is 0 Å². The number of ether oxygens (including phenoxy) is 1. The fraction of sp³-hybridized carbons (Fsp3) is 0.588. The second kappa shape index (κ2) is 7.25. The second-order valence-corrected chi connectivity index (χ2v) is 6.15. The van der Waals surface area contributed by atoms with Crippen molar-refractivity contribution in [2.45, 2.75) is 50.9 Å². The number of aliphatic imine (C=N–C) groups is 1. The van der Waals surface area contributed by atoms with Crippen LogP contribution in [-0.4, -0.2) is 37.3 Å². The molecule has 2 fully saturated rings. The third-order valence-electron chi connectivity index (χ3n) is 4.37. The smallest absolute Gasteiger partial charge is 0.191 e. The van der Waals surface area contributed by atoms with Crippen LogP contribution in [0.4, 0.5) is 8.78 Å². The molecule has 0 radical (unpaired) electrons. The molecular weight excluding hydrogens is 300 g/mol. The van der Waals surface area contributed by atoms with Crippen LogP contribution in [0.15, 0.2) is 23.2 Å². The van der Waals surface area contributed by atoms with Gasteiger partial charge in [0.05, 0.1) is 18.2 Å². The number of halogens is 2. The molecule has 23 heavy (non-hydrogen) atoms. The van der Waals surface area contributed by atoms with E-state index < -0.39 is 11.6 Å². The molecular formula is C17H23F2N3O. The molecule has 126 valence electrons. The standard InChI is InChI=1S/C17H23F2N3O/c1-2-20-17(22-15-10-14-3-4-16(15)23-14)21-6-5-11-7-12(18)9-13(19)8-11/h7-9,14-16H,2-6,10H2,1H3,(H2,20,21,22). The van der Waals surface area contributed by atoms with Crippen LogP contribution < -0.4 is 10.6 Å². The van der Waals surface area contributed by atoms with Crippen molar-refractivity contribution in [2.24, 2.45) is 4.99 Å². The third-order valence-corrected chi connectivity index (χ3v) is 4.37. The fourth-order valence-corrected chi connectivity index (χ4v) is 3.34. The molecule has 1 aromatic carbocycles. The molecule has 3 atom stereocenters. The lowest BCUT2D eigenvalue weighted by Gasteiger charge is -2.22. The van der Waals surface area contributed by atoms with Gasteiger partial charge in [-0.25, -0.2) is 8.78 Å². The van der Waals surface area contributed by atoms with Crippen molar-refractivity contribution < 1.29 is 13.5 Å². The Morgan fingerprint density at radius 1 is 1.26 bits per heavy atom. The molecule has 2 heterocycles. The Labute approximate surface area is 135 Å². The Kier molecular flexibility index (Phi) is 5.10. The topological polar surface area (TPSA) is 45.7 Å². The molecule has 2 N–H and O–H groups in total. The molecule has 2 aliphatic heterocycles. The van der Waals surface area contributed by atoms with E-state index in [2.05, 4.69) is 15.6 Å². The number of nitrogens with one attached hydrogen (secondary N) is 2. The zero-order valence-corrected chi connectivity index (χ0v) is 13.3. The molecule has 2 saturated heterocycles. The van der Waals surface area contributed by atoms with Crippen LogP contribution in [-0.2, 0) is 11.2 Å². The van der Waals surface area contributed by atoms with E-state index in [-0.39, 0.29) is 6.10 Å². The maximum Gasteiger partial charge on any atom is 0.191 e. The minimum Gasteiger partial charge on any atom is -0.373 e. The summed E-state index contributed by atoms with van der Waals surface area (Å²) >= 11 is 0. The quantitative estimate of drug-likeness (QED) is 0.646. The number of benzene rings is 1. The minimum absolute atomic E-state index is 0.279. The number of nitrogens with zero attached hydrogens (tertiary/aromatic N) is 1. The molecule has 3 rings (SSSR count). The van der Waals surface area contributed by atoms with Crippen LogP contribution in [0, 0.1) is 11.6 Å². The van der Waals surface area contributed by atoms with E-state index in [1.807, 2.05) is 6.92 Å². The Balaban J connectivity index is 1.56. The number of hydrogen-bond donors (Lipinski definition) is 2. The molecule has 0 amide bonds. The van der Waals surface area contributed by atoms with Crippen molar-refractivity contribution in [1.82, 2.24) is 10.6 Å². The van der Waals surface area contributed by atoms with Gasteiger partial charge in [0.15, 0.2) is 5.96 Å². The Bertz CT molecular complexity index is 559. The summed E-state index contributed by atoms with van der Waals surface area (Å²) in [4.78, 5) is 4.51. The van der Waals surface area contributed by atoms with Gasteiger partial charge in [-0.15, -0.1) is 0 Å². The first-order valence-electron chi connectivity index (χ1n) is 8.29. The summed E-state index contributed by atoms with van der Waals surface area (Å²) in [6.45, 7) is 3.25. The van der Waals surface area contributed by atoms with Crippen molar-refractivity contribution in [3.05, 3.63) is 35.4 Å². The van der Waals surface area contributed by atoms with Gasteiger partial charge in [0.1, 0.15) is 11.6 Å². The fourth-order valence-electron chi connectivity index (χ4n) is 3.34. The van der Waals surface area contributed by atoms with Gasteiger partial charge in [-0.1, -0.05) is 0 Å². The first-order chi connectivity index (χ1) is 11.1. The van der Waals surface area contributed by atoms with E-state index in [0.717, 1.165) is 37.8 Å². The zero-order valence-electron chi connectivity index (χ0n) is 13.3. The van der Waals surface area contributed by atoms with Gasteiger partial charge in [-0.05, 0) is 50.3 Å². The monoisotopic (exact) mass is 323 g/mol. The predicted molar refractivity (Wildman–Crippen MR) is 85.5 cm³/mol. The maximum atomic E-state index is 13.2. The van der Waals surface area contributed by atoms with Crippen LogP contribution >= 0.6 is 0 Å². The van der Waals surface area contributed by atoms with Gasteiger partial charge in [0.25, 0.3) is 0 Å². The summed E-state index contributed by atoms with van der Waals surface area (Å²) < 4.78 is 32.2. The lowest BCUT2D eigenvalue weighted by molar-refractivity contribution is 0.0992. The molecule has 0 aliphatic carbocycles. The Hall–Kier alpha value is -1.69. The molecule has 1 aromatic rings. The number of hydrogen-bond acceptors (Lipinski definition) is 2. The molecule has 4 nitrogen and oxygen atoms in total. The van der Waals surface area contributed by atoms with Crippen molar-refractivity contribution in [2.75, 3.05) is 13.1 Å². The first-order valence-corrected chi connectivity index (χ1v) is 8.29. The molecule has 0 spiro atoms. The number of fused-ring (bicyclic) bond motifs is 2. The summed E-state index contributed by atoms with van der Waals surface area (Å²) in [5.41, 5.74) is 0.616. The third kappa shape index (κ3) is 4.19. The van der Waals surface area contributed by atoms with Crippen LogP contribution in [0.3, 0.4) is 0 Å². The first kappa shape index (κ1) is 16.2. The summed E-state index contributed by atoms with van der Waals surface area (Å²) in [6.07, 6.45) is 4.44. The molecule has 2 bridgehead atoms. The van der Waals surface area contributed by atoms with E-state index in [0.29, 0.717) is 30.7 Å². The Morgan fingerprint density at radius 2 is 2.04 bits per heavy atom. The lowest BCUT2D eigenvalue weighted by atomic mass is 9.96. The predicted octanol–water partition coefficient (Wildman–Crippen LogP) is 2.38. The summed E-state index contributed by atoms with van der Waals surface area (Å²) in [5.74, 6) is -0.355. The van der Waals surface area contributed by atoms with Crippen LogP contribution in [0.2, 0.25) is 0 Å². The van der Waals surface area contributed by atoms with Gasteiger partial charge in [-0.2, -0.15) is 0 Å². The van der Waals surface area contributed by atoms with E-state index in [9.17, 15) is 8.78 Å². The molecule has 0 aromatic heterocycles. The van der Waals surface area contributed by atoms with Crippen molar-refractivity contribution in [1.29, 1.82) is 0 Å². The highest BCUT2D eigenvalue weighted by atomic mass is 19.1. The number of guanidine groups is 1. The van der Waals surface area contributed by atoms with E-state index in [1.165, 1.54) is 12.1 Å². The van der Waals surface area contributed by atoms with Crippen molar-refractivity contribution >= 4 is 5.96 Å². The summed E-state index contributed by atoms with van der Waals surface area (Å²) in [6, 6.07) is 3.89. The van der Waals surface area contributed by atoms with E-state index in [4.69, 9.17) is 4.74 Å². The van der Waals surface area contributed by atoms with Crippen LogP contribution in [0.5, 0.6) is 0 Å². The number of rotatable bonds is 5. The van der Waals surface area contributed by atoms with Crippen LogP contribution in [0.25, 0.3) is 0 Å². The van der Waals surface area contributed by atoms with Crippen molar-refractivity contribution in [3.8, 4) is 0 Å². The van der Waals surface area contributed by atoms with Gasteiger partial charge in [0, 0.05) is 19.2 Å². The highest BCUT2D eigenvalue weighted by Gasteiger charge is 2.41. The minimum atomic E-state index is -0.548. The average molecular weight is 323 g/mol. The highest BCUT2D eigenvalue weighted by Crippen LogP contribution is 2.34. The summed E-state index contributed by atoms with van der Waals surface area (Å²) in [5, 5.41) is 6.64. The molecule has 2 aliphatic rings.